The van der Waals surface area contributed by atoms with Crippen molar-refractivity contribution < 1.29 is -7.84 Å². The Balaban J connectivity index is 4.43. The van der Waals surface area contributed by atoms with Crippen LogP contribution in [0.5, 0.6) is 0 Å². The summed E-state index contributed by atoms with van der Waals surface area (Å²) in [4.78, 5) is 0. The first-order chi connectivity index (χ1) is 2.45. The van der Waals surface area contributed by atoms with Crippen LogP contribution < -0.4 is 0 Å². The molecule has 0 radical (unpaired) electrons. The van der Waals surface area contributed by atoms with E-state index >= 15 is 0 Å². The van der Waals surface area contributed by atoms with Gasteiger partial charge in [0, 0.05) is 0 Å². The average Bonchev–Trinajstić information content (AvgIpc) is 0.592. The zero-order chi connectivity index (χ0) is 6.41. The zero-order valence-electron chi connectivity index (χ0n) is 2.77. The molecule has 0 unspecified atom stereocenters. The van der Waals surface area contributed by atoms with E-state index in [-0.39, 0.29) is 0 Å². The van der Waals surface area contributed by atoms with Crippen LogP contribution in [-0.4, -0.2) is 0 Å². The fourth-order valence-electron chi connectivity index (χ4n) is 0. The molecule has 0 aliphatic rings. The minimum absolute atomic E-state index is 2.50. The van der Waals surface area contributed by atoms with E-state index in [0.717, 1.165) is 0 Å². The Labute approximate surface area is 95.8 Å². The monoisotopic (exact) mass is 851 g/mol. The van der Waals surface area contributed by atoms with Crippen LogP contribution in [0.1, 0.15) is 0 Å². The summed E-state index contributed by atoms with van der Waals surface area (Å²) in [6.07, 6.45) is 0. The van der Waals surface area contributed by atoms with Gasteiger partial charge in [-0.1, -0.05) is 0 Å². The molecular formula is I6Zr. The number of rotatable bonds is 0. The molecule has 0 amide bonds. The molecule has 7 heavy (non-hydrogen) atoms. The van der Waals surface area contributed by atoms with E-state index in [1.165, 1.54) is 0 Å². The normalized spacial score (nSPS) is 23.1. The molecule has 0 bridgehead atoms. The fourth-order valence-corrected chi connectivity index (χ4v) is 0. The van der Waals surface area contributed by atoms with Crippen molar-refractivity contribution in [3.8, 4) is 0 Å². The molecule has 0 heterocycles. The quantitative estimate of drug-likeness (QED) is 0.291. The Hall–Kier alpha value is 5.26. The number of hydrogen-bond acceptors (Lipinski definition) is 0. The molecule has 0 aromatic carbocycles. The first-order valence-electron chi connectivity index (χ1n) is 1.13. The van der Waals surface area contributed by atoms with Crippen molar-refractivity contribution in [2.75, 3.05) is 0 Å². The van der Waals surface area contributed by atoms with Crippen molar-refractivity contribution in [3.05, 3.63) is 0 Å². The molecule has 0 fully saturated rings. The van der Waals surface area contributed by atoms with E-state index in [1.54, 1.807) is 0 Å². The summed E-state index contributed by atoms with van der Waals surface area (Å²) in [5.41, 5.74) is 0. The average molecular weight is 853 g/mol. The molecule has 0 aliphatic carbocycles. The first-order valence-corrected chi connectivity index (χ1v) is 45.0. The van der Waals surface area contributed by atoms with Crippen LogP contribution in [0.3, 0.4) is 0 Å². The van der Waals surface area contributed by atoms with Crippen molar-refractivity contribution in [2.24, 2.45) is 0 Å². The maximum absolute atomic E-state index is 2.58. The van der Waals surface area contributed by atoms with Crippen molar-refractivity contribution in [3.63, 3.8) is 0 Å². The van der Waals surface area contributed by atoms with Crippen molar-refractivity contribution in [2.45, 2.75) is 0 Å². The van der Waals surface area contributed by atoms with Gasteiger partial charge in [-0.05, 0) is 0 Å². The molecular weight excluding hydrogens is 853 g/mol. The van der Waals surface area contributed by atoms with Crippen molar-refractivity contribution >= 4 is 108 Å². The Morgan fingerprint density at radius 2 is 0.571 bits per heavy atom. The summed E-state index contributed by atoms with van der Waals surface area (Å²) in [6, 6.07) is 0. The summed E-state index contributed by atoms with van der Waals surface area (Å²) < 4.78 is -2.50. The molecule has 0 aromatic heterocycles. The molecule has 46 valence electrons. The van der Waals surface area contributed by atoms with E-state index in [9.17, 15) is 0 Å². The zero-order valence-corrected chi connectivity index (χ0v) is 18.2. The summed E-state index contributed by atoms with van der Waals surface area (Å²) in [5, 5.41) is 0. The number of hydrogen-bond donors (Lipinski definition) is 0. The van der Waals surface area contributed by atoms with Crippen LogP contribution >= 0.6 is 108 Å². The van der Waals surface area contributed by atoms with Gasteiger partial charge in [-0.2, -0.15) is 0 Å². The molecule has 0 spiro atoms. The minimum atomic E-state index is -2.50. The number of halogens is 6. The van der Waals surface area contributed by atoms with Gasteiger partial charge in [0.2, 0.25) is 0 Å². The second kappa shape index (κ2) is 2.89. The van der Waals surface area contributed by atoms with Crippen LogP contribution in [0, 0.1) is 0 Å². The summed E-state index contributed by atoms with van der Waals surface area (Å²) in [6.45, 7) is 0. The second-order valence-electron chi connectivity index (χ2n) is 1.07. The van der Waals surface area contributed by atoms with E-state index in [0.29, 0.717) is 0 Å². The van der Waals surface area contributed by atoms with Gasteiger partial charge in [-0.15, -0.1) is 0 Å². The SMILES string of the molecule is [I][Zr]([I])([I])([I])([I])[I]. The summed E-state index contributed by atoms with van der Waals surface area (Å²) in [5.74, 6) is 0. The van der Waals surface area contributed by atoms with Gasteiger partial charge in [-0.25, -0.2) is 0 Å². The molecule has 0 N–H and O–H groups in total. The Morgan fingerprint density at radius 3 is 0.571 bits per heavy atom. The van der Waals surface area contributed by atoms with E-state index in [4.69, 9.17) is 0 Å². The topological polar surface area (TPSA) is 0 Å². The van der Waals surface area contributed by atoms with Crippen molar-refractivity contribution in [1.29, 1.82) is 0 Å². The molecule has 0 aliphatic heterocycles. The van der Waals surface area contributed by atoms with Crippen LogP contribution in [-0.2, 0) is -7.84 Å². The van der Waals surface area contributed by atoms with Crippen molar-refractivity contribution in [1.82, 2.24) is 0 Å². The summed E-state index contributed by atoms with van der Waals surface area (Å²) >= 11 is 15.5. The van der Waals surface area contributed by atoms with Gasteiger partial charge >= 0.3 is 100 Å². The third kappa shape index (κ3) is 34.9. The molecule has 0 saturated carbocycles. The maximum atomic E-state index is 2.58. The van der Waals surface area contributed by atoms with Crippen LogP contribution in [0.25, 0.3) is 0 Å². The standard InChI is InChI=1S/6HI.Zr/h6*1H;/q;;;;;;+6/p-6. The molecule has 0 atom stereocenters. The molecule has 7 heteroatoms. The van der Waals surface area contributed by atoms with Gasteiger partial charge in [0.15, 0.2) is 0 Å². The Kier molecular flexibility index (Phi) is 5.06. The van der Waals surface area contributed by atoms with E-state index in [2.05, 4.69) is 108 Å². The van der Waals surface area contributed by atoms with E-state index < -0.39 is -7.84 Å². The van der Waals surface area contributed by atoms with Gasteiger partial charge < -0.3 is 0 Å². The van der Waals surface area contributed by atoms with Gasteiger partial charge in [-0.3, -0.25) is 0 Å². The second-order valence-corrected chi connectivity index (χ2v) is 285. The molecule has 0 rings (SSSR count). The van der Waals surface area contributed by atoms with Crippen LogP contribution in [0.2, 0.25) is 0 Å². The van der Waals surface area contributed by atoms with Gasteiger partial charge in [0.25, 0.3) is 0 Å². The first kappa shape index (κ1) is 12.3. The Morgan fingerprint density at radius 1 is 0.571 bits per heavy atom. The predicted octanol–water partition coefficient (Wildman–Crippen LogP) is 5.31. The van der Waals surface area contributed by atoms with Gasteiger partial charge in [0.05, 0.1) is 0 Å². The Bertz CT molecular complexity index is 62.7. The van der Waals surface area contributed by atoms with Crippen LogP contribution in [0.15, 0.2) is 0 Å². The van der Waals surface area contributed by atoms with Crippen LogP contribution in [0.4, 0.5) is 0 Å². The molecule has 0 nitrogen and oxygen atoms in total. The van der Waals surface area contributed by atoms with E-state index in [1.807, 2.05) is 0 Å². The third-order valence-electron chi connectivity index (χ3n) is 0. The molecule has 0 aromatic rings. The predicted molar refractivity (Wildman–Crippen MR) is 84.1 cm³/mol. The third-order valence-corrected chi connectivity index (χ3v) is 0. The summed E-state index contributed by atoms with van der Waals surface area (Å²) in [7, 11) is 0. The molecule has 0 saturated heterocycles. The fraction of sp³-hybridized carbons (Fsp3) is 0. The van der Waals surface area contributed by atoms with Gasteiger partial charge in [0.1, 0.15) is 0 Å².